The van der Waals surface area contributed by atoms with Crippen molar-refractivity contribution in [3.05, 3.63) is 34.3 Å². The standard InChI is InChI=1S/C12H16BrN3O2/c1-16(12(18)10(14)6-11(15)17)7-8-4-2-3-5-9(8)13/h2-5,10H,6-7,14H2,1H3,(H2,15,17). The van der Waals surface area contributed by atoms with E-state index in [0.717, 1.165) is 10.0 Å². The van der Waals surface area contributed by atoms with Crippen LogP contribution in [0.5, 0.6) is 0 Å². The fraction of sp³-hybridized carbons (Fsp3) is 0.333. The molecule has 1 aromatic carbocycles. The van der Waals surface area contributed by atoms with Gasteiger partial charge in [-0.05, 0) is 11.6 Å². The average molecular weight is 314 g/mol. The van der Waals surface area contributed by atoms with Gasteiger partial charge in [0.1, 0.15) is 0 Å². The van der Waals surface area contributed by atoms with Crippen molar-refractivity contribution in [2.24, 2.45) is 11.5 Å². The lowest BCUT2D eigenvalue weighted by molar-refractivity contribution is -0.133. The van der Waals surface area contributed by atoms with Crippen LogP contribution in [0.1, 0.15) is 12.0 Å². The molecule has 0 aliphatic heterocycles. The molecule has 18 heavy (non-hydrogen) atoms. The lowest BCUT2D eigenvalue weighted by Gasteiger charge is -2.21. The second-order valence-corrected chi connectivity index (χ2v) is 4.92. The maximum atomic E-state index is 11.9. The third-order valence-corrected chi connectivity index (χ3v) is 3.25. The normalized spacial score (nSPS) is 11.9. The lowest BCUT2D eigenvalue weighted by Crippen LogP contribution is -2.43. The summed E-state index contributed by atoms with van der Waals surface area (Å²) in [5.41, 5.74) is 11.6. The van der Waals surface area contributed by atoms with Crippen LogP contribution in [0.15, 0.2) is 28.7 Å². The van der Waals surface area contributed by atoms with E-state index in [1.165, 1.54) is 4.90 Å². The van der Waals surface area contributed by atoms with E-state index in [1.807, 2.05) is 24.3 Å². The molecule has 1 atom stereocenters. The zero-order chi connectivity index (χ0) is 13.7. The van der Waals surface area contributed by atoms with Crippen LogP contribution >= 0.6 is 15.9 Å². The highest BCUT2D eigenvalue weighted by Gasteiger charge is 2.20. The SMILES string of the molecule is CN(Cc1ccccc1Br)C(=O)C(N)CC(N)=O. The number of benzene rings is 1. The van der Waals surface area contributed by atoms with Crippen molar-refractivity contribution in [1.29, 1.82) is 0 Å². The second-order valence-electron chi connectivity index (χ2n) is 4.06. The number of rotatable bonds is 5. The number of nitrogens with two attached hydrogens (primary N) is 2. The van der Waals surface area contributed by atoms with Crippen LogP contribution < -0.4 is 11.5 Å². The first-order chi connectivity index (χ1) is 8.41. The van der Waals surface area contributed by atoms with Crippen LogP contribution in [0, 0.1) is 0 Å². The number of amides is 2. The number of carbonyl (C=O) groups is 2. The second kappa shape index (κ2) is 6.51. The molecule has 2 amide bonds. The lowest BCUT2D eigenvalue weighted by atomic mass is 10.1. The minimum absolute atomic E-state index is 0.140. The van der Waals surface area contributed by atoms with Crippen molar-refractivity contribution in [3.63, 3.8) is 0 Å². The van der Waals surface area contributed by atoms with Crippen molar-refractivity contribution in [1.82, 2.24) is 4.90 Å². The summed E-state index contributed by atoms with van der Waals surface area (Å²) in [5, 5.41) is 0. The molecule has 0 spiro atoms. The van der Waals surface area contributed by atoms with E-state index in [4.69, 9.17) is 11.5 Å². The highest BCUT2D eigenvalue weighted by atomic mass is 79.9. The predicted molar refractivity (Wildman–Crippen MR) is 72.4 cm³/mol. The molecule has 5 nitrogen and oxygen atoms in total. The predicted octanol–water partition coefficient (Wildman–Crippen LogP) is 0.610. The monoisotopic (exact) mass is 313 g/mol. The third-order valence-electron chi connectivity index (χ3n) is 2.48. The van der Waals surface area contributed by atoms with E-state index in [9.17, 15) is 9.59 Å². The molecule has 4 N–H and O–H groups in total. The van der Waals surface area contributed by atoms with Crippen molar-refractivity contribution in [2.45, 2.75) is 19.0 Å². The Kier molecular flexibility index (Phi) is 5.30. The van der Waals surface area contributed by atoms with Gasteiger partial charge >= 0.3 is 0 Å². The zero-order valence-electron chi connectivity index (χ0n) is 10.1. The number of hydrogen-bond acceptors (Lipinski definition) is 3. The van der Waals surface area contributed by atoms with Crippen LogP contribution in [0.2, 0.25) is 0 Å². The van der Waals surface area contributed by atoms with Gasteiger partial charge in [0.25, 0.3) is 0 Å². The number of nitrogens with zero attached hydrogens (tertiary/aromatic N) is 1. The van der Waals surface area contributed by atoms with Gasteiger partial charge in [0, 0.05) is 18.1 Å². The summed E-state index contributed by atoms with van der Waals surface area (Å²) in [7, 11) is 1.64. The molecule has 0 saturated carbocycles. The molecule has 1 unspecified atom stereocenters. The highest BCUT2D eigenvalue weighted by Crippen LogP contribution is 2.17. The van der Waals surface area contributed by atoms with Crippen LogP contribution in [0.25, 0.3) is 0 Å². The Hall–Kier alpha value is -1.40. The summed E-state index contributed by atoms with van der Waals surface area (Å²) in [5.74, 6) is -0.880. The van der Waals surface area contributed by atoms with Gasteiger partial charge in [-0.3, -0.25) is 9.59 Å². The molecule has 1 aromatic rings. The fourth-order valence-electron chi connectivity index (χ4n) is 1.55. The molecule has 0 heterocycles. The summed E-state index contributed by atoms with van der Waals surface area (Å²) >= 11 is 3.41. The largest absolute Gasteiger partial charge is 0.370 e. The Morgan fingerprint density at radius 2 is 2.00 bits per heavy atom. The van der Waals surface area contributed by atoms with E-state index in [-0.39, 0.29) is 12.3 Å². The number of carbonyl (C=O) groups excluding carboxylic acids is 2. The van der Waals surface area contributed by atoms with E-state index in [2.05, 4.69) is 15.9 Å². The Balaban J connectivity index is 2.65. The van der Waals surface area contributed by atoms with Crippen molar-refractivity contribution < 1.29 is 9.59 Å². The molecule has 0 aliphatic carbocycles. The summed E-state index contributed by atoms with van der Waals surface area (Å²) in [6.45, 7) is 0.423. The molecule has 1 rings (SSSR count). The topological polar surface area (TPSA) is 89.4 Å². The molecular formula is C12H16BrN3O2. The highest BCUT2D eigenvalue weighted by molar-refractivity contribution is 9.10. The number of primary amides is 1. The van der Waals surface area contributed by atoms with Crippen LogP contribution in [-0.2, 0) is 16.1 Å². The maximum Gasteiger partial charge on any atom is 0.240 e. The average Bonchev–Trinajstić information content (AvgIpc) is 2.30. The quantitative estimate of drug-likeness (QED) is 0.834. The molecule has 98 valence electrons. The molecule has 0 aliphatic rings. The Morgan fingerprint density at radius 3 is 2.56 bits per heavy atom. The summed E-state index contributed by atoms with van der Waals surface area (Å²) in [6, 6.07) is 6.72. The van der Waals surface area contributed by atoms with Gasteiger partial charge in [0.15, 0.2) is 0 Å². The van der Waals surface area contributed by atoms with Crippen molar-refractivity contribution in [3.8, 4) is 0 Å². The maximum absolute atomic E-state index is 11.9. The minimum atomic E-state index is -0.880. The number of likely N-dealkylation sites (N-methyl/N-ethyl adjacent to an activating group) is 1. The summed E-state index contributed by atoms with van der Waals surface area (Å²) in [6.07, 6.45) is -0.140. The first-order valence-corrected chi connectivity index (χ1v) is 6.23. The number of hydrogen-bond donors (Lipinski definition) is 2. The van der Waals surface area contributed by atoms with Gasteiger partial charge in [0.2, 0.25) is 11.8 Å². The minimum Gasteiger partial charge on any atom is -0.370 e. The van der Waals surface area contributed by atoms with Gasteiger partial charge in [-0.1, -0.05) is 34.1 Å². The molecular weight excluding hydrogens is 298 g/mol. The molecule has 6 heteroatoms. The Labute approximate surface area is 114 Å². The Morgan fingerprint density at radius 1 is 1.39 bits per heavy atom. The van der Waals surface area contributed by atoms with Gasteiger partial charge in [-0.25, -0.2) is 0 Å². The van der Waals surface area contributed by atoms with Gasteiger partial charge in [-0.2, -0.15) is 0 Å². The van der Waals surface area contributed by atoms with Crippen LogP contribution in [0.4, 0.5) is 0 Å². The van der Waals surface area contributed by atoms with Gasteiger partial charge in [-0.15, -0.1) is 0 Å². The first-order valence-electron chi connectivity index (χ1n) is 5.44. The fourth-order valence-corrected chi connectivity index (χ4v) is 1.96. The zero-order valence-corrected chi connectivity index (χ0v) is 11.7. The molecule has 0 fully saturated rings. The first kappa shape index (κ1) is 14.7. The smallest absolute Gasteiger partial charge is 0.240 e. The third kappa shape index (κ3) is 4.12. The molecule has 0 saturated heterocycles. The Bertz CT molecular complexity index is 451. The van der Waals surface area contributed by atoms with E-state index >= 15 is 0 Å². The van der Waals surface area contributed by atoms with E-state index in [0.29, 0.717) is 6.54 Å². The molecule has 0 aromatic heterocycles. The number of halogens is 1. The van der Waals surface area contributed by atoms with Gasteiger partial charge < -0.3 is 16.4 Å². The van der Waals surface area contributed by atoms with Crippen molar-refractivity contribution in [2.75, 3.05) is 7.05 Å². The summed E-state index contributed by atoms with van der Waals surface area (Å²) < 4.78 is 0.924. The van der Waals surface area contributed by atoms with Crippen LogP contribution in [-0.4, -0.2) is 29.8 Å². The molecule has 0 bridgehead atoms. The van der Waals surface area contributed by atoms with E-state index in [1.54, 1.807) is 7.05 Å². The summed E-state index contributed by atoms with van der Waals surface area (Å²) in [4.78, 5) is 24.1. The van der Waals surface area contributed by atoms with E-state index < -0.39 is 11.9 Å². The molecule has 0 radical (unpaired) electrons. The van der Waals surface area contributed by atoms with Gasteiger partial charge in [0.05, 0.1) is 12.5 Å². The van der Waals surface area contributed by atoms with Crippen molar-refractivity contribution >= 4 is 27.7 Å². The van der Waals surface area contributed by atoms with Crippen LogP contribution in [0.3, 0.4) is 0 Å².